The van der Waals surface area contributed by atoms with Gasteiger partial charge < -0.3 is 5.32 Å². The number of nitrogens with one attached hydrogen (secondary N) is 1. The molecule has 1 atom stereocenters. The average Bonchev–Trinajstić information content (AvgIpc) is 2.79. The van der Waals surface area contributed by atoms with Crippen LogP contribution in [0.2, 0.25) is 0 Å². The van der Waals surface area contributed by atoms with Gasteiger partial charge in [-0.15, -0.1) is 0 Å². The van der Waals surface area contributed by atoms with Crippen LogP contribution in [0.4, 0.5) is 0 Å². The van der Waals surface area contributed by atoms with Crippen LogP contribution < -0.4 is 5.32 Å². The van der Waals surface area contributed by atoms with Crippen molar-refractivity contribution in [2.24, 2.45) is 4.99 Å². The molecule has 0 amide bonds. The Hall–Kier alpha value is -1.03. The highest BCUT2D eigenvalue weighted by atomic mass is 32.2. The molecule has 0 saturated carbocycles. The number of aliphatic imine (C=N–C) groups is 1. The molecule has 1 aromatic rings. The summed E-state index contributed by atoms with van der Waals surface area (Å²) in [5.74, 6) is 0. The van der Waals surface area contributed by atoms with E-state index in [4.69, 9.17) is 0 Å². The monoisotopic (exact) mass is 249 g/mol. The lowest BCUT2D eigenvalue weighted by molar-refractivity contribution is 0.753. The van der Waals surface area contributed by atoms with Gasteiger partial charge >= 0.3 is 0 Å². The predicted octanol–water partition coefficient (Wildman–Crippen LogP) is 2.49. The molecule has 0 aliphatic carbocycles. The highest BCUT2D eigenvalue weighted by molar-refractivity contribution is 8.14. The normalized spacial score (nSPS) is 19.1. The van der Waals surface area contributed by atoms with Crippen LogP contribution >= 0.6 is 11.8 Å². The largest absolute Gasteiger partial charge is 0.365 e. The summed E-state index contributed by atoms with van der Waals surface area (Å²) in [4.78, 5) is 8.82. The van der Waals surface area contributed by atoms with Gasteiger partial charge in [-0.1, -0.05) is 31.2 Å². The van der Waals surface area contributed by atoms with E-state index >= 15 is 0 Å². The lowest BCUT2D eigenvalue weighted by Crippen LogP contribution is -2.22. The minimum atomic E-state index is 0.692. The van der Waals surface area contributed by atoms with E-state index in [2.05, 4.69) is 28.3 Å². The lowest BCUT2D eigenvalue weighted by Gasteiger charge is -2.07. The van der Waals surface area contributed by atoms with Crippen molar-refractivity contribution in [2.75, 3.05) is 13.1 Å². The highest BCUT2D eigenvalue weighted by Crippen LogP contribution is 2.23. The smallest absolute Gasteiger partial charge is 0.156 e. The fourth-order valence-corrected chi connectivity index (χ4v) is 2.98. The summed E-state index contributed by atoms with van der Waals surface area (Å²) in [7, 11) is 0. The highest BCUT2D eigenvalue weighted by Gasteiger charge is 2.17. The molecule has 4 heteroatoms. The van der Waals surface area contributed by atoms with Crippen LogP contribution in [0.3, 0.4) is 0 Å². The maximum Gasteiger partial charge on any atom is 0.156 e. The fourth-order valence-electron chi connectivity index (χ4n) is 1.83. The molecule has 0 saturated heterocycles. The van der Waals surface area contributed by atoms with Crippen molar-refractivity contribution in [3.8, 4) is 0 Å². The number of rotatable bonds is 5. The van der Waals surface area contributed by atoms with Gasteiger partial charge in [0.1, 0.15) is 0 Å². The predicted molar refractivity (Wildman–Crippen MR) is 74.5 cm³/mol. The molecule has 1 aliphatic rings. The molecule has 2 rings (SSSR count). The van der Waals surface area contributed by atoms with Crippen molar-refractivity contribution in [2.45, 2.75) is 31.4 Å². The fraction of sp³-hybridized carbons (Fsp3) is 0.538. The Morgan fingerprint density at radius 1 is 1.47 bits per heavy atom. The number of hydrogen-bond donors (Lipinski definition) is 1. The molecule has 2 heterocycles. The van der Waals surface area contributed by atoms with Gasteiger partial charge in [0.2, 0.25) is 0 Å². The summed E-state index contributed by atoms with van der Waals surface area (Å²) < 4.78 is 0. The van der Waals surface area contributed by atoms with Crippen LogP contribution in [0.1, 0.15) is 25.5 Å². The molecular weight excluding hydrogens is 230 g/mol. The first-order valence-corrected chi connectivity index (χ1v) is 7.11. The quantitative estimate of drug-likeness (QED) is 0.871. The van der Waals surface area contributed by atoms with Gasteiger partial charge in [-0.2, -0.15) is 0 Å². The van der Waals surface area contributed by atoms with Crippen LogP contribution in [-0.4, -0.2) is 28.5 Å². The standard InChI is InChI=1S/C13H19N3S/c1-2-5-12-10-16-13(17-12)15-9-7-11-6-3-4-8-14-11/h3-4,6,8,12H,2,5,7,9-10H2,1H3,(H,15,16). The molecule has 1 aromatic heterocycles. The van der Waals surface area contributed by atoms with E-state index in [1.54, 1.807) is 0 Å². The van der Waals surface area contributed by atoms with Crippen LogP contribution in [0.15, 0.2) is 29.4 Å². The lowest BCUT2D eigenvalue weighted by atomic mass is 10.2. The molecule has 3 nitrogen and oxygen atoms in total. The number of hydrogen-bond acceptors (Lipinski definition) is 4. The Kier molecular flexibility index (Phi) is 4.86. The molecule has 0 aromatic carbocycles. The summed E-state index contributed by atoms with van der Waals surface area (Å²) in [6, 6.07) is 6.04. The zero-order valence-electron chi connectivity index (χ0n) is 10.2. The third-order valence-electron chi connectivity index (χ3n) is 2.71. The van der Waals surface area contributed by atoms with Crippen LogP contribution in [-0.2, 0) is 6.42 Å². The van der Waals surface area contributed by atoms with Crippen molar-refractivity contribution in [1.29, 1.82) is 0 Å². The van der Waals surface area contributed by atoms with Crippen molar-refractivity contribution < 1.29 is 0 Å². The maximum atomic E-state index is 4.52. The zero-order valence-corrected chi connectivity index (χ0v) is 11.0. The van der Waals surface area contributed by atoms with E-state index < -0.39 is 0 Å². The third kappa shape index (κ3) is 4.04. The van der Waals surface area contributed by atoms with Crippen molar-refractivity contribution in [3.05, 3.63) is 30.1 Å². The van der Waals surface area contributed by atoms with Crippen molar-refractivity contribution in [3.63, 3.8) is 0 Å². The molecule has 17 heavy (non-hydrogen) atoms. The first-order chi connectivity index (χ1) is 8.38. The number of pyridine rings is 1. The minimum Gasteiger partial charge on any atom is -0.365 e. The third-order valence-corrected chi connectivity index (χ3v) is 3.93. The molecule has 1 unspecified atom stereocenters. The first kappa shape index (κ1) is 12.4. The zero-order chi connectivity index (χ0) is 11.9. The number of aromatic nitrogens is 1. The molecule has 1 N–H and O–H groups in total. The molecule has 0 spiro atoms. The molecule has 1 aliphatic heterocycles. The van der Waals surface area contributed by atoms with Crippen LogP contribution in [0.25, 0.3) is 0 Å². The average molecular weight is 249 g/mol. The Balaban J connectivity index is 1.67. The van der Waals surface area contributed by atoms with E-state index in [0.717, 1.165) is 30.4 Å². The number of amidine groups is 1. The van der Waals surface area contributed by atoms with Gasteiger partial charge in [-0.25, -0.2) is 0 Å². The van der Waals surface area contributed by atoms with E-state index in [1.165, 1.54) is 12.8 Å². The van der Waals surface area contributed by atoms with E-state index in [1.807, 2.05) is 30.1 Å². The second-order valence-electron chi connectivity index (χ2n) is 4.17. The first-order valence-electron chi connectivity index (χ1n) is 6.23. The Labute approximate surface area is 107 Å². The molecular formula is C13H19N3S. The number of thioether (sulfide) groups is 1. The number of nitrogens with zero attached hydrogens (tertiary/aromatic N) is 2. The van der Waals surface area contributed by atoms with Gasteiger partial charge in [0.25, 0.3) is 0 Å². The molecule has 92 valence electrons. The van der Waals surface area contributed by atoms with Crippen LogP contribution in [0, 0.1) is 0 Å². The molecule has 0 fully saturated rings. The summed E-state index contributed by atoms with van der Waals surface area (Å²) in [6.07, 6.45) is 5.31. The Morgan fingerprint density at radius 2 is 2.41 bits per heavy atom. The molecule has 0 bridgehead atoms. The van der Waals surface area contributed by atoms with Crippen molar-refractivity contribution in [1.82, 2.24) is 10.3 Å². The van der Waals surface area contributed by atoms with Crippen molar-refractivity contribution >= 4 is 16.9 Å². The minimum absolute atomic E-state index is 0.692. The van der Waals surface area contributed by atoms with Gasteiger partial charge in [-0.3, -0.25) is 9.98 Å². The topological polar surface area (TPSA) is 37.3 Å². The van der Waals surface area contributed by atoms with Gasteiger partial charge in [0.15, 0.2) is 5.17 Å². The Morgan fingerprint density at radius 3 is 3.18 bits per heavy atom. The second kappa shape index (κ2) is 6.64. The van der Waals surface area contributed by atoms with E-state index in [0.29, 0.717) is 5.25 Å². The second-order valence-corrected chi connectivity index (χ2v) is 5.46. The van der Waals surface area contributed by atoms with Gasteiger partial charge in [-0.05, 0) is 18.6 Å². The van der Waals surface area contributed by atoms with Gasteiger partial charge in [0, 0.05) is 30.1 Å². The van der Waals surface area contributed by atoms with E-state index in [9.17, 15) is 0 Å². The summed E-state index contributed by atoms with van der Waals surface area (Å²) in [5, 5.41) is 5.19. The Bertz CT molecular complexity index is 364. The SMILES string of the molecule is CCCC1CN=C(NCCc2ccccn2)S1. The van der Waals surface area contributed by atoms with E-state index in [-0.39, 0.29) is 0 Å². The summed E-state index contributed by atoms with van der Waals surface area (Å²) >= 11 is 1.89. The summed E-state index contributed by atoms with van der Waals surface area (Å²) in [5.41, 5.74) is 1.13. The van der Waals surface area contributed by atoms with Gasteiger partial charge in [0.05, 0.1) is 6.54 Å². The molecule has 0 radical (unpaired) electrons. The van der Waals surface area contributed by atoms with Crippen LogP contribution in [0.5, 0.6) is 0 Å². The summed E-state index contributed by atoms with van der Waals surface area (Å²) in [6.45, 7) is 4.12. The maximum absolute atomic E-state index is 4.52.